The molecule has 2 bridgehead atoms. The van der Waals surface area contributed by atoms with Crippen molar-refractivity contribution in [3.63, 3.8) is 0 Å². The number of carbonyl (C=O) groups excluding carboxylic acids is 2. The Morgan fingerprint density at radius 3 is 2.64 bits per heavy atom. The predicted molar refractivity (Wildman–Crippen MR) is 89.2 cm³/mol. The highest BCUT2D eigenvalue weighted by Gasteiger charge is 2.50. The van der Waals surface area contributed by atoms with Crippen LogP contribution in [0.4, 0.5) is 0 Å². The molecule has 1 aromatic heterocycles. The maximum Gasteiger partial charge on any atom is 0.355 e. The number of nitrogens with zero attached hydrogens (tertiary/aromatic N) is 1. The fourth-order valence-electron chi connectivity index (χ4n) is 4.62. The number of rotatable bonds is 3. The molecule has 0 aromatic carbocycles. The van der Waals surface area contributed by atoms with Crippen molar-refractivity contribution in [1.29, 1.82) is 0 Å². The second-order valence-electron chi connectivity index (χ2n) is 8.31. The smallest absolute Gasteiger partial charge is 0.355 e. The van der Waals surface area contributed by atoms with Crippen molar-refractivity contribution in [3.05, 3.63) is 32.6 Å². The SMILES string of the molecule is CC1(C)C[C@@H]2C[C@](C)(CN2C(=O)COC(=O)c2cc(=O)[nH]c(=O)[nH]2)C1. The standard InChI is InChI=1S/C17H23N3O5/c1-16(2)5-10-6-17(3,8-16)9-20(10)13(22)7-25-14(23)11-4-12(21)19-15(24)18-11/h4,10H,5-9H2,1-3H3,(H2,18,19,21,24)/t10-,17+/m1/s1. The molecule has 1 amide bonds. The van der Waals surface area contributed by atoms with Crippen LogP contribution in [0.1, 0.15) is 50.5 Å². The summed E-state index contributed by atoms with van der Waals surface area (Å²) in [5, 5.41) is 0. The zero-order valence-electron chi connectivity index (χ0n) is 14.7. The van der Waals surface area contributed by atoms with E-state index in [9.17, 15) is 19.2 Å². The van der Waals surface area contributed by atoms with E-state index >= 15 is 0 Å². The molecule has 0 spiro atoms. The maximum atomic E-state index is 12.5. The summed E-state index contributed by atoms with van der Waals surface area (Å²) in [6.45, 7) is 6.89. The first-order chi connectivity index (χ1) is 11.6. The molecular weight excluding hydrogens is 326 g/mol. The molecule has 1 aliphatic carbocycles. The molecule has 2 atom stereocenters. The van der Waals surface area contributed by atoms with E-state index in [4.69, 9.17) is 4.74 Å². The largest absolute Gasteiger partial charge is 0.451 e. The molecule has 2 heterocycles. The maximum absolute atomic E-state index is 12.5. The third-order valence-electron chi connectivity index (χ3n) is 5.04. The number of hydrogen-bond donors (Lipinski definition) is 2. The Hall–Kier alpha value is -2.38. The minimum absolute atomic E-state index is 0.101. The molecule has 1 aromatic rings. The first-order valence-corrected chi connectivity index (χ1v) is 8.37. The lowest BCUT2D eigenvalue weighted by Crippen LogP contribution is -2.40. The minimum Gasteiger partial charge on any atom is -0.451 e. The normalized spacial score (nSPS) is 27.2. The number of hydrogen-bond acceptors (Lipinski definition) is 5. The Balaban J connectivity index is 1.64. The Morgan fingerprint density at radius 2 is 1.96 bits per heavy atom. The Bertz CT molecular complexity index is 796. The van der Waals surface area contributed by atoms with E-state index in [0.29, 0.717) is 6.54 Å². The van der Waals surface area contributed by atoms with Crippen molar-refractivity contribution < 1.29 is 14.3 Å². The number of nitrogens with one attached hydrogen (secondary N) is 2. The number of H-pyrrole nitrogens is 2. The summed E-state index contributed by atoms with van der Waals surface area (Å²) in [4.78, 5) is 52.8. The molecule has 2 aliphatic rings. The number of fused-ring (bicyclic) bond motifs is 2. The average Bonchev–Trinajstić information content (AvgIpc) is 2.72. The van der Waals surface area contributed by atoms with Crippen LogP contribution in [0.25, 0.3) is 0 Å². The summed E-state index contributed by atoms with van der Waals surface area (Å²) < 4.78 is 4.99. The second-order valence-corrected chi connectivity index (χ2v) is 8.31. The third kappa shape index (κ3) is 3.67. The van der Waals surface area contributed by atoms with Crippen LogP contribution in [-0.4, -0.2) is 45.9 Å². The van der Waals surface area contributed by atoms with E-state index in [2.05, 4.69) is 25.8 Å². The lowest BCUT2D eigenvalue weighted by molar-refractivity contribution is -0.135. The number of aromatic nitrogens is 2. The number of likely N-dealkylation sites (tertiary alicyclic amines) is 1. The van der Waals surface area contributed by atoms with Gasteiger partial charge in [-0.1, -0.05) is 20.8 Å². The Kier molecular flexibility index (Phi) is 4.09. The summed E-state index contributed by atoms with van der Waals surface area (Å²) in [7, 11) is 0. The zero-order chi connectivity index (χ0) is 18.4. The summed E-state index contributed by atoms with van der Waals surface area (Å²) in [5.74, 6) is -1.14. The molecule has 1 aliphatic heterocycles. The fourth-order valence-corrected chi connectivity index (χ4v) is 4.62. The second kappa shape index (κ2) is 5.86. The number of esters is 1. The molecular formula is C17H23N3O5. The van der Waals surface area contributed by atoms with Gasteiger partial charge < -0.3 is 14.6 Å². The lowest BCUT2D eigenvalue weighted by Gasteiger charge is -2.39. The minimum atomic E-state index is -0.898. The van der Waals surface area contributed by atoms with E-state index in [-0.39, 0.29) is 28.5 Å². The summed E-state index contributed by atoms with van der Waals surface area (Å²) in [6.07, 6.45) is 2.97. The molecule has 1 saturated carbocycles. The predicted octanol–water partition coefficient (Wildman–Crippen LogP) is 0.647. The van der Waals surface area contributed by atoms with E-state index in [1.54, 1.807) is 0 Å². The van der Waals surface area contributed by atoms with E-state index < -0.39 is 23.8 Å². The van der Waals surface area contributed by atoms with Gasteiger partial charge in [0.25, 0.3) is 11.5 Å². The van der Waals surface area contributed by atoms with Gasteiger partial charge in [0.05, 0.1) is 0 Å². The van der Waals surface area contributed by atoms with Crippen LogP contribution in [-0.2, 0) is 9.53 Å². The van der Waals surface area contributed by atoms with Gasteiger partial charge in [-0.25, -0.2) is 9.59 Å². The molecule has 25 heavy (non-hydrogen) atoms. The number of amides is 1. The van der Waals surface area contributed by atoms with Crippen molar-refractivity contribution in [2.24, 2.45) is 10.8 Å². The van der Waals surface area contributed by atoms with Crippen LogP contribution in [0, 0.1) is 10.8 Å². The van der Waals surface area contributed by atoms with Gasteiger partial charge in [0.2, 0.25) is 0 Å². The van der Waals surface area contributed by atoms with E-state index in [1.807, 2.05) is 9.88 Å². The van der Waals surface area contributed by atoms with Gasteiger partial charge in [-0.3, -0.25) is 14.6 Å². The van der Waals surface area contributed by atoms with Gasteiger partial charge in [-0.2, -0.15) is 0 Å². The number of carbonyl (C=O) groups is 2. The molecule has 2 fully saturated rings. The molecule has 136 valence electrons. The summed E-state index contributed by atoms with van der Waals surface area (Å²) in [5.41, 5.74) is -1.48. The van der Waals surface area contributed by atoms with Crippen LogP contribution >= 0.6 is 0 Å². The van der Waals surface area contributed by atoms with Gasteiger partial charge >= 0.3 is 11.7 Å². The topological polar surface area (TPSA) is 112 Å². The molecule has 8 heteroatoms. The highest BCUT2D eigenvalue weighted by atomic mass is 16.5. The van der Waals surface area contributed by atoms with Crippen molar-refractivity contribution in [1.82, 2.24) is 14.9 Å². The summed E-state index contributed by atoms with van der Waals surface area (Å²) in [6, 6.07) is 1.10. The Labute approximate surface area is 144 Å². The molecule has 2 N–H and O–H groups in total. The van der Waals surface area contributed by atoms with E-state index in [1.165, 1.54) is 0 Å². The zero-order valence-corrected chi connectivity index (χ0v) is 14.7. The molecule has 3 rings (SSSR count). The van der Waals surface area contributed by atoms with Gasteiger partial charge in [-0.05, 0) is 30.1 Å². The van der Waals surface area contributed by atoms with Gasteiger partial charge in [-0.15, -0.1) is 0 Å². The van der Waals surface area contributed by atoms with Crippen molar-refractivity contribution in [2.75, 3.05) is 13.2 Å². The van der Waals surface area contributed by atoms with Gasteiger partial charge in [0.1, 0.15) is 5.69 Å². The Morgan fingerprint density at radius 1 is 1.24 bits per heavy atom. The highest BCUT2D eigenvalue weighted by molar-refractivity contribution is 5.89. The highest BCUT2D eigenvalue weighted by Crippen LogP contribution is 2.52. The first kappa shape index (κ1) is 17.4. The molecule has 8 nitrogen and oxygen atoms in total. The first-order valence-electron chi connectivity index (χ1n) is 8.37. The third-order valence-corrected chi connectivity index (χ3v) is 5.04. The van der Waals surface area contributed by atoms with Crippen LogP contribution in [0.2, 0.25) is 0 Å². The van der Waals surface area contributed by atoms with Crippen molar-refractivity contribution in [2.45, 2.75) is 46.1 Å². The number of ether oxygens (including phenoxy) is 1. The molecule has 0 unspecified atom stereocenters. The van der Waals surface area contributed by atoms with Crippen LogP contribution in [0.3, 0.4) is 0 Å². The van der Waals surface area contributed by atoms with Crippen molar-refractivity contribution >= 4 is 11.9 Å². The van der Waals surface area contributed by atoms with Crippen LogP contribution < -0.4 is 11.2 Å². The summed E-state index contributed by atoms with van der Waals surface area (Å²) >= 11 is 0. The van der Waals surface area contributed by atoms with Crippen LogP contribution in [0.5, 0.6) is 0 Å². The number of aromatic amines is 2. The molecule has 0 radical (unpaired) electrons. The van der Waals surface area contributed by atoms with Gasteiger partial charge in [0, 0.05) is 18.7 Å². The average molecular weight is 349 g/mol. The van der Waals surface area contributed by atoms with Crippen LogP contribution in [0.15, 0.2) is 15.7 Å². The van der Waals surface area contributed by atoms with Gasteiger partial charge in [0.15, 0.2) is 6.61 Å². The van der Waals surface area contributed by atoms with Crippen molar-refractivity contribution in [3.8, 4) is 0 Å². The monoisotopic (exact) mass is 349 g/mol. The fraction of sp³-hybridized carbons (Fsp3) is 0.647. The molecule has 1 saturated heterocycles. The van der Waals surface area contributed by atoms with E-state index in [0.717, 1.165) is 25.3 Å². The quantitative estimate of drug-likeness (QED) is 0.778. The lowest BCUT2D eigenvalue weighted by atomic mass is 9.65.